The average molecular weight is 207 g/mol. The second-order valence-electron chi connectivity index (χ2n) is 3.05. The van der Waals surface area contributed by atoms with E-state index in [1.165, 1.54) is 12.1 Å². The van der Waals surface area contributed by atoms with Crippen molar-refractivity contribution in [1.82, 2.24) is 4.98 Å². The molecule has 0 saturated heterocycles. The van der Waals surface area contributed by atoms with Gasteiger partial charge in [-0.15, -0.1) is 11.3 Å². The predicted molar refractivity (Wildman–Crippen MR) is 55.9 cm³/mol. The molecule has 2 rings (SSSR count). The van der Waals surface area contributed by atoms with Crippen LogP contribution < -0.4 is 0 Å². The highest BCUT2D eigenvalue weighted by molar-refractivity contribution is 7.09. The van der Waals surface area contributed by atoms with E-state index in [0.29, 0.717) is 0 Å². The van der Waals surface area contributed by atoms with Crippen molar-refractivity contribution in [2.45, 2.75) is 12.8 Å². The fraction of sp³-hybridized carbons (Fsp3) is 0.182. The lowest BCUT2D eigenvalue weighted by atomic mass is 10.1. The third kappa shape index (κ3) is 2.39. The van der Waals surface area contributed by atoms with E-state index in [4.69, 9.17) is 0 Å². The number of rotatable bonds is 3. The molecule has 1 nitrogen and oxygen atoms in total. The molecule has 2 aromatic rings. The second kappa shape index (κ2) is 4.33. The van der Waals surface area contributed by atoms with Gasteiger partial charge in [0.1, 0.15) is 5.82 Å². The fourth-order valence-electron chi connectivity index (χ4n) is 1.28. The summed E-state index contributed by atoms with van der Waals surface area (Å²) in [5.74, 6) is -0.178. The SMILES string of the molecule is Fc1ccc(CCc2nccs2)cc1. The molecule has 0 N–H and O–H groups in total. The van der Waals surface area contributed by atoms with Crippen LogP contribution in [0, 0.1) is 5.82 Å². The Kier molecular flexibility index (Phi) is 2.89. The zero-order valence-electron chi connectivity index (χ0n) is 7.61. The van der Waals surface area contributed by atoms with Crippen molar-refractivity contribution in [3.05, 3.63) is 52.2 Å². The van der Waals surface area contributed by atoms with Crippen LogP contribution in [0.2, 0.25) is 0 Å². The van der Waals surface area contributed by atoms with Gasteiger partial charge in [0.05, 0.1) is 5.01 Å². The molecule has 72 valence electrons. The molecule has 0 aliphatic heterocycles. The first-order chi connectivity index (χ1) is 6.84. The highest BCUT2D eigenvalue weighted by Gasteiger charge is 1.97. The molecular formula is C11H10FNS. The summed E-state index contributed by atoms with van der Waals surface area (Å²) in [5, 5.41) is 3.11. The third-order valence-corrected chi connectivity index (χ3v) is 2.86. The smallest absolute Gasteiger partial charge is 0.123 e. The maximum atomic E-state index is 12.6. The van der Waals surface area contributed by atoms with E-state index >= 15 is 0 Å². The number of thiazole rings is 1. The second-order valence-corrected chi connectivity index (χ2v) is 4.03. The van der Waals surface area contributed by atoms with Crippen molar-refractivity contribution < 1.29 is 4.39 Å². The van der Waals surface area contributed by atoms with Gasteiger partial charge in [-0.05, 0) is 24.1 Å². The van der Waals surface area contributed by atoms with Crippen molar-refractivity contribution >= 4 is 11.3 Å². The van der Waals surface area contributed by atoms with Crippen LogP contribution in [0.25, 0.3) is 0 Å². The van der Waals surface area contributed by atoms with E-state index in [-0.39, 0.29) is 5.82 Å². The van der Waals surface area contributed by atoms with Crippen LogP contribution in [0.1, 0.15) is 10.6 Å². The Labute approximate surface area is 86.2 Å². The minimum Gasteiger partial charge on any atom is -0.250 e. The molecule has 0 amide bonds. The van der Waals surface area contributed by atoms with E-state index in [2.05, 4.69) is 4.98 Å². The number of aromatic nitrogens is 1. The van der Waals surface area contributed by atoms with Crippen LogP contribution >= 0.6 is 11.3 Å². The standard InChI is InChI=1S/C11H10FNS/c12-10-4-1-9(2-5-10)3-6-11-13-7-8-14-11/h1-2,4-5,7-8H,3,6H2. The molecule has 0 fully saturated rings. The van der Waals surface area contributed by atoms with Gasteiger partial charge in [0, 0.05) is 18.0 Å². The van der Waals surface area contributed by atoms with E-state index in [0.717, 1.165) is 23.4 Å². The van der Waals surface area contributed by atoms with Gasteiger partial charge in [0.2, 0.25) is 0 Å². The molecule has 0 saturated carbocycles. The number of benzene rings is 1. The summed E-state index contributed by atoms with van der Waals surface area (Å²) in [6.07, 6.45) is 3.67. The first-order valence-corrected chi connectivity index (χ1v) is 5.35. The highest BCUT2D eigenvalue weighted by Crippen LogP contribution is 2.10. The Bertz CT molecular complexity index is 380. The summed E-state index contributed by atoms with van der Waals surface area (Å²) in [6.45, 7) is 0. The molecule has 1 heterocycles. The fourth-order valence-corrected chi connectivity index (χ4v) is 1.90. The molecule has 0 bridgehead atoms. The Morgan fingerprint density at radius 1 is 1.14 bits per heavy atom. The van der Waals surface area contributed by atoms with Crippen molar-refractivity contribution in [2.24, 2.45) is 0 Å². The first kappa shape index (κ1) is 9.34. The predicted octanol–water partition coefficient (Wildman–Crippen LogP) is 3.07. The minimum absolute atomic E-state index is 0.178. The number of hydrogen-bond donors (Lipinski definition) is 0. The van der Waals surface area contributed by atoms with Gasteiger partial charge in [-0.3, -0.25) is 0 Å². The van der Waals surface area contributed by atoms with Crippen LogP contribution in [0.3, 0.4) is 0 Å². The van der Waals surface area contributed by atoms with Gasteiger partial charge >= 0.3 is 0 Å². The zero-order chi connectivity index (χ0) is 9.80. The quantitative estimate of drug-likeness (QED) is 0.753. The number of halogens is 1. The normalized spacial score (nSPS) is 10.4. The van der Waals surface area contributed by atoms with Crippen LogP contribution in [0.4, 0.5) is 4.39 Å². The van der Waals surface area contributed by atoms with Gasteiger partial charge < -0.3 is 0 Å². The molecular weight excluding hydrogens is 197 g/mol. The molecule has 1 aromatic carbocycles. The molecule has 0 unspecified atom stereocenters. The third-order valence-electron chi connectivity index (χ3n) is 2.02. The maximum absolute atomic E-state index is 12.6. The van der Waals surface area contributed by atoms with Crippen molar-refractivity contribution in [2.75, 3.05) is 0 Å². The lowest BCUT2D eigenvalue weighted by molar-refractivity contribution is 0.627. The summed E-state index contributed by atoms with van der Waals surface area (Å²) < 4.78 is 12.6. The molecule has 3 heteroatoms. The summed E-state index contributed by atoms with van der Waals surface area (Å²) in [7, 11) is 0. The average Bonchev–Trinajstić information content (AvgIpc) is 2.70. The highest BCUT2D eigenvalue weighted by atomic mass is 32.1. The topological polar surface area (TPSA) is 12.9 Å². The molecule has 1 aromatic heterocycles. The molecule has 0 spiro atoms. The molecule has 0 aliphatic rings. The van der Waals surface area contributed by atoms with Crippen LogP contribution in [-0.2, 0) is 12.8 Å². The van der Waals surface area contributed by atoms with Gasteiger partial charge in [0.15, 0.2) is 0 Å². The lowest BCUT2D eigenvalue weighted by Crippen LogP contribution is -1.90. The van der Waals surface area contributed by atoms with E-state index < -0.39 is 0 Å². The van der Waals surface area contributed by atoms with Gasteiger partial charge in [-0.1, -0.05) is 12.1 Å². The maximum Gasteiger partial charge on any atom is 0.123 e. The summed E-state index contributed by atoms with van der Waals surface area (Å²) in [5.41, 5.74) is 1.15. The van der Waals surface area contributed by atoms with Crippen molar-refractivity contribution in [1.29, 1.82) is 0 Å². The minimum atomic E-state index is -0.178. The van der Waals surface area contributed by atoms with E-state index in [1.807, 2.05) is 23.7 Å². The molecule has 0 radical (unpaired) electrons. The Hall–Kier alpha value is -1.22. The Morgan fingerprint density at radius 2 is 1.93 bits per heavy atom. The monoisotopic (exact) mass is 207 g/mol. The molecule has 0 atom stereocenters. The summed E-state index contributed by atoms with van der Waals surface area (Å²) in [4.78, 5) is 4.19. The number of aryl methyl sites for hydroxylation is 2. The van der Waals surface area contributed by atoms with Gasteiger partial charge in [-0.2, -0.15) is 0 Å². The largest absolute Gasteiger partial charge is 0.250 e. The molecule has 14 heavy (non-hydrogen) atoms. The van der Waals surface area contributed by atoms with E-state index in [1.54, 1.807) is 11.3 Å². The Morgan fingerprint density at radius 3 is 2.57 bits per heavy atom. The van der Waals surface area contributed by atoms with Gasteiger partial charge in [-0.25, -0.2) is 9.37 Å². The van der Waals surface area contributed by atoms with E-state index in [9.17, 15) is 4.39 Å². The summed E-state index contributed by atoms with van der Waals surface area (Å²) in [6, 6.07) is 6.64. The van der Waals surface area contributed by atoms with Crippen molar-refractivity contribution in [3.8, 4) is 0 Å². The summed E-state index contributed by atoms with van der Waals surface area (Å²) >= 11 is 1.66. The number of nitrogens with zero attached hydrogens (tertiary/aromatic N) is 1. The van der Waals surface area contributed by atoms with Crippen molar-refractivity contribution in [3.63, 3.8) is 0 Å². The van der Waals surface area contributed by atoms with Crippen LogP contribution in [0.5, 0.6) is 0 Å². The number of hydrogen-bond acceptors (Lipinski definition) is 2. The molecule has 0 aliphatic carbocycles. The Balaban J connectivity index is 1.95. The first-order valence-electron chi connectivity index (χ1n) is 4.47. The van der Waals surface area contributed by atoms with Crippen LogP contribution in [0.15, 0.2) is 35.8 Å². The lowest BCUT2D eigenvalue weighted by Gasteiger charge is -1.98. The van der Waals surface area contributed by atoms with Gasteiger partial charge in [0.25, 0.3) is 0 Å². The zero-order valence-corrected chi connectivity index (χ0v) is 8.43. The van der Waals surface area contributed by atoms with Crippen LogP contribution in [-0.4, -0.2) is 4.98 Å².